The van der Waals surface area contributed by atoms with Gasteiger partial charge in [0.15, 0.2) is 0 Å². The van der Waals surface area contributed by atoms with Crippen LogP contribution in [0.15, 0.2) is 23.2 Å². The third-order valence-corrected chi connectivity index (χ3v) is 4.40. The molecule has 0 radical (unpaired) electrons. The monoisotopic (exact) mass is 257 g/mol. The molecule has 0 amide bonds. The predicted octanol–water partition coefficient (Wildman–Crippen LogP) is 1.01. The summed E-state index contributed by atoms with van der Waals surface area (Å²) in [7, 11) is -3.57. The van der Waals surface area contributed by atoms with E-state index in [4.69, 9.17) is 5.73 Å². The highest BCUT2D eigenvalue weighted by Crippen LogP contribution is 2.17. The molecule has 1 heterocycles. The fourth-order valence-electron chi connectivity index (χ4n) is 1.31. The lowest BCUT2D eigenvalue weighted by Gasteiger charge is -2.24. The normalized spacial score (nSPS) is 12.7. The van der Waals surface area contributed by atoms with Gasteiger partial charge in [-0.2, -0.15) is 0 Å². The maximum Gasteiger partial charge on any atom is 0.242 e. The van der Waals surface area contributed by atoms with Crippen LogP contribution in [0.25, 0.3) is 0 Å². The lowest BCUT2D eigenvalue weighted by Crippen LogP contribution is -2.43. The fourth-order valence-corrected chi connectivity index (χ4v) is 3.00. The first kappa shape index (κ1) is 14.1. The van der Waals surface area contributed by atoms with E-state index in [1.165, 1.54) is 12.3 Å². The van der Waals surface area contributed by atoms with E-state index in [0.29, 0.717) is 12.1 Å². The molecule has 0 aliphatic rings. The van der Waals surface area contributed by atoms with E-state index < -0.39 is 15.6 Å². The van der Waals surface area contributed by atoms with E-state index in [-0.39, 0.29) is 11.4 Å². The molecular formula is C11H19N3O2S. The SMILES string of the molecule is CCC(C)(C)NS(=O)(=O)c1cccnc1CN. The molecule has 0 spiro atoms. The minimum atomic E-state index is -3.57. The van der Waals surface area contributed by atoms with E-state index >= 15 is 0 Å². The summed E-state index contributed by atoms with van der Waals surface area (Å²) in [5.41, 5.74) is 5.38. The molecule has 0 atom stereocenters. The van der Waals surface area contributed by atoms with Gasteiger partial charge in [-0.15, -0.1) is 0 Å². The standard InChI is InChI=1S/C11H19N3O2S/c1-4-11(2,3)14-17(15,16)10-6-5-7-13-9(10)8-12/h5-7,14H,4,8,12H2,1-3H3. The van der Waals surface area contributed by atoms with Gasteiger partial charge in [-0.1, -0.05) is 6.92 Å². The molecule has 0 unspecified atom stereocenters. The molecule has 0 aliphatic heterocycles. The lowest BCUT2D eigenvalue weighted by molar-refractivity contribution is 0.439. The average molecular weight is 257 g/mol. The Balaban J connectivity index is 3.14. The number of nitrogens with one attached hydrogen (secondary N) is 1. The maximum atomic E-state index is 12.2. The number of hydrogen-bond donors (Lipinski definition) is 2. The second-order valence-corrected chi connectivity index (χ2v) is 6.15. The minimum Gasteiger partial charge on any atom is -0.325 e. The summed E-state index contributed by atoms with van der Waals surface area (Å²) in [6, 6.07) is 3.11. The second-order valence-electron chi connectivity index (χ2n) is 4.50. The molecule has 17 heavy (non-hydrogen) atoms. The van der Waals surface area contributed by atoms with Crippen molar-refractivity contribution in [2.24, 2.45) is 5.73 Å². The third-order valence-electron chi connectivity index (χ3n) is 2.63. The number of rotatable bonds is 5. The van der Waals surface area contributed by atoms with Crippen molar-refractivity contribution >= 4 is 10.0 Å². The number of nitrogens with zero attached hydrogens (tertiary/aromatic N) is 1. The van der Waals surface area contributed by atoms with Gasteiger partial charge in [-0.05, 0) is 32.4 Å². The molecular weight excluding hydrogens is 238 g/mol. The van der Waals surface area contributed by atoms with Crippen LogP contribution in [0.4, 0.5) is 0 Å². The molecule has 0 saturated heterocycles. The van der Waals surface area contributed by atoms with Crippen LogP contribution in [-0.2, 0) is 16.6 Å². The van der Waals surface area contributed by atoms with Crippen molar-refractivity contribution < 1.29 is 8.42 Å². The smallest absolute Gasteiger partial charge is 0.242 e. The van der Waals surface area contributed by atoms with Crippen molar-refractivity contribution in [2.45, 2.75) is 44.2 Å². The largest absolute Gasteiger partial charge is 0.325 e. The Hall–Kier alpha value is -0.980. The minimum absolute atomic E-state index is 0.101. The van der Waals surface area contributed by atoms with Gasteiger partial charge < -0.3 is 5.73 Å². The zero-order valence-corrected chi connectivity index (χ0v) is 11.2. The molecule has 0 bridgehead atoms. The fraction of sp³-hybridized carbons (Fsp3) is 0.545. The van der Waals surface area contributed by atoms with Crippen LogP contribution in [0.3, 0.4) is 0 Å². The highest BCUT2D eigenvalue weighted by Gasteiger charge is 2.26. The molecule has 1 aromatic heterocycles. The number of nitrogens with two attached hydrogens (primary N) is 1. The Bertz CT molecular complexity index is 483. The summed E-state index contributed by atoms with van der Waals surface area (Å²) in [5.74, 6) is 0. The van der Waals surface area contributed by atoms with Gasteiger partial charge in [0, 0.05) is 18.3 Å². The quantitative estimate of drug-likeness (QED) is 0.824. The van der Waals surface area contributed by atoms with Crippen molar-refractivity contribution in [1.82, 2.24) is 9.71 Å². The van der Waals surface area contributed by atoms with Crippen LogP contribution in [0.5, 0.6) is 0 Å². The third kappa shape index (κ3) is 3.49. The number of pyridine rings is 1. The van der Waals surface area contributed by atoms with Gasteiger partial charge in [0.25, 0.3) is 0 Å². The van der Waals surface area contributed by atoms with Crippen molar-refractivity contribution in [2.75, 3.05) is 0 Å². The number of aromatic nitrogens is 1. The molecule has 0 aromatic carbocycles. The first-order valence-corrected chi connectivity index (χ1v) is 6.98. The molecule has 0 fully saturated rings. The Morgan fingerprint density at radius 1 is 1.47 bits per heavy atom. The summed E-state index contributed by atoms with van der Waals surface area (Å²) >= 11 is 0. The summed E-state index contributed by atoms with van der Waals surface area (Å²) in [6.45, 7) is 5.70. The van der Waals surface area contributed by atoms with Crippen LogP contribution < -0.4 is 10.5 Å². The van der Waals surface area contributed by atoms with Crippen LogP contribution in [0.2, 0.25) is 0 Å². The topological polar surface area (TPSA) is 85.1 Å². The van der Waals surface area contributed by atoms with Gasteiger partial charge in [-0.25, -0.2) is 13.1 Å². The Labute approximate surface area is 102 Å². The number of hydrogen-bond acceptors (Lipinski definition) is 4. The molecule has 5 nitrogen and oxygen atoms in total. The molecule has 0 saturated carbocycles. The van der Waals surface area contributed by atoms with Crippen LogP contribution >= 0.6 is 0 Å². The summed E-state index contributed by atoms with van der Waals surface area (Å²) in [4.78, 5) is 4.13. The van der Waals surface area contributed by atoms with Crippen LogP contribution in [-0.4, -0.2) is 18.9 Å². The second kappa shape index (κ2) is 5.12. The first-order valence-electron chi connectivity index (χ1n) is 5.50. The van der Waals surface area contributed by atoms with E-state index in [2.05, 4.69) is 9.71 Å². The van der Waals surface area contributed by atoms with E-state index in [9.17, 15) is 8.42 Å². The zero-order chi connectivity index (χ0) is 13.1. The summed E-state index contributed by atoms with van der Waals surface area (Å²) in [5, 5.41) is 0. The molecule has 0 aliphatic carbocycles. The summed E-state index contributed by atoms with van der Waals surface area (Å²) < 4.78 is 27.0. The summed E-state index contributed by atoms with van der Waals surface area (Å²) in [6.07, 6.45) is 2.23. The lowest BCUT2D eigenvalue weighted by atomic mass is 10.0. The predicted molar refractivity (Wildman–Crippen MR) is 66.8 cm³/mol. The number of sulfonamides is 1. The molecule has 6 heteroatoms. The maximum absolute atomic E-state index is 12.2. The Morgan fingerprint density at radius 3 is 2.65 bits per heavy atom. The molecule has 1 aromatic rings. The van der Waals surface area contributed by atoms with Gasteiger partial charge in [0.1, 0.15) is 4.90 Å². The average Bonchev–Trinajstić information content (AvgIpc) is 2.28. The van der Waals surface area contributed by atoms with Crippen molar-refractivity contribution in [3.63, 3.8) is 0 Å². The first-order chi connectivity index (χ1) is 7.82. The highest BCUT2D eigenvalue weighted by molar-refractivity contribution is 7.89. The van der Waals surface area contributed by atoms with Gasteiger partial charge >= 0.3 is 0 Å². The Morgan fingerprint density at radius 2 is 2.12 bits per heavy atom. The van der Waals surface area contributed by atoms with E-state index in [0.717, 1.165) is 0 Å². The van der Waals surface area contributed by atoms with Crippen molar-refractivity contribution in [3.8, 4) is 0 Å². The van der Waals surface area contributed by atoms with Gasteiger partial charge in [0.05, 0.1) is 5.69 Å². The van der Waals surface area contributed by atoms with E-state index in [1.807, 2.05) is 20.8 Å². The highest BCUT2D eigenvalue weighted by atomic mass is 32.2. The van der Waals surface area contributed by atoms with E-state index in [1.54, 1.807) is 6.07 Å². The molecule has 1 rings (SSSR count). The van der Waals surface area contributed by atoms with Gasteiger partial charge in [-0.3, -0.25) is 4.98 Å². The van der Waals surface area contributed by atoms with Crippen LogP contribution in [0.1, 0.15) is 32.9 Å². The Kier molecular flexibility index (Phi) is 4.24. The zero-order valence-electron chi connectivity index (χ0n) is 10.4. The van der Waals surface area contributed by atoms with Crippen LogP contribution in [0, 0.1) is 0 Å². The molecule has 3 N–H and O–H groups in total. The van der Waals surface area contributed by atoms with Gasteiger partial charge in [0.2, 0.25) is 10.0 Å². The molecule has 96 valence electrons. The van der Waals surface area contributed by atoms with Crippen molar-refractivity contribution in [3.05, 3.63) is 24.0 Å². The van der Waals surface area contributed by atoms with Crippen molar-refractivity contribution in [1.29, 1.82) is 0 Å².